The molecule has 3 aromatic carbocycles. The Labute approximate surface area is 183 Å². The van der Waals surface area contributed by atoms with Gasteiger partial charge in [0.25, 0.3) is 0 Å². The number of rotatable bonds is 9. The van der Waals surface area contributed by atoms with E-state index in [1.165, 1.54) is 12.1 Å². The minimum Gasteiger partial charge on any atom is -0.494 e. The number of sulfonamides is 1. The molecule has 0 bridgehead atoms. The highest BCUT2D eigenvalue weighted by Crippen LogP contribution is 2.18. The first kappa shape index (κ1) is 22.5. The summed E-state index contributed by atoms with van der Waals surface area (Å²) in [6.45, 7) is 4.22. The SMILES string of the molecule is CCOc1ccc(S(=O)(=O)N[C@H](Cc2ccccc2)C(=O)Nc2ccccc2C)cc1. The van der Waals surface area contributed by atoms with Gasteiger partial charge >= 0.3 is 0 Å². The maximum Gasteiger partial charge on any atom is 0.242 e. The van der Waals surface area contributed by atoms with Crippen LogP contribution in [0.3, 0.4) is 0 Å². The summed E-state index contributed by atoms with van der Waals surface area (Å²) in [5.74, 6) is 0.159. The Bertz CT molecular complexity index is 1110. The van der Waals surface area contributed by atoms with Gasteiger partial charge in [-0.1, -0.05) is 48.5 Å². The molecular formula is C24H26N2O4S. The summed E-state index contributed by atoms with van der Waals surface area (Å²) < 4.78 is 33.9. The summed E-state index contributed by atoms with van der Waals surface area (Å²) in [7, 11) is -3.93. The molecule has 0 aliphatic carbocycles. The third kappa shape index (κ3) is 6.16. The number of hydrogen-bond acceptors (Lipinski definition) is 4. The largest absolute Gasteiger partial charge is 0.494 e. The number of aryl methyl sites for hydroxylation is 1. The number of para-hydroxylation sites is 1. The lowest BCUT2D eigenvalue weighted by Gasteiger charge is -2.19. The van der Waals surface area contributed by atoms with Crippen LogP contribution in [0.15, 0.2) is 83.8 Å². The van der Waals surface area contributed by atoms with Crippen LogP contribution in [-0.4, -0.2) is 27.0 Å². The zero-order chi connectivity index (χ0) is 22.3. The lowest BCUT2D eigenvalue weighted by Crippen LogP contribution is -2.45. The van der Waals surface area contributed by atoms with E-state index in [9.17, 15) is 13.2 Å². The van der Waals surface area contributed by atoms with Gasteiger partial charge in [0.1, 0.15) is 11.8 Å². The van der Waals surface area contributed by atoms with E-state index < -0.39 is 22.0 Å². The van der Waals surface area contributed by atoms with Crippen molar-refractivity contribution in [2.75, 3.05) is 11.9 Å². The highest BCUT2D eigenvalue weighted by Gasteiger charge is 2.26. The van der Waals surface area contributed by atoms with Crippen molar-refractivity contribution in [3.8, 4) is 5.75 Å². The van der Waals surface area contributed by atoms with Crippen LogP contribution in [-0.2, 0) is 21.2 Å². The summed E-state index contributed by atoms with van der Waals surface area (Å²) >= 11 is 0. The average Bonchev–Trinajstić information content (AvgIpc) is 2.76. The minimum absolute atomic E-state index is 0.0673. The molecule has 6 nitrogen and oxygen atoms in total. The monoisotopic (exact) mass is 438 g/mol. The molecule has 31 heavy (non-hydrogen) atoms. The van der Waals surface area contributed by atoms with E-state index in [0.29, 0.717) is 18.0 Å². The summed E-state index contributed by atoms with van der Waals surface area (Å²) in [5, 5.41) is 2.84. The van der Waals surface area contributed by atoms with Crippen molar-refractivity contribution >= 4 is 21.6 Å². The number of carbonyl (C=O) groups is 1. The molecule has 0 unspecified atom stereocenters. The summed E-state index contributed by atoms with van der Waals surface area (Å²) in [5.41, 5.74) is 2.39. The Morgan fingerprint density at radius 3 is 2.23 bits per heavy atom. The van der Waals surface area contributed by atoms with Gasteiger partial charge in [-0.15, -0.1) is 0 Å². The van der Waals surface area contributed by atoms with Crippen molar-refractivity contribution in [3.63, 3.8) is 0 Å². The van der Waals surface area contributed by atoms with E-state index in [4.69, 9.17) is 4.74 Å². The molecule has 3 aromatic rings. The van der Waals surface area contributed by atoms with Crippen molar-refractivity contribution in [3.05, 3.63) is 90.0 Å². The van der Waals surface area contributed by atoms with Crippen LogP contribution in [0.1, 0.15) is 18.1 Å². The molecule has 0 spiro atoms. The highest BCUT2D eigenvalue weighted by atomic mass is 32.2. The maximum atomic E-state index is 13.1. The molecule has 0 saturated carbocycles. The van der Waals surface area contributed by atoms with Crippen molar-refractivity contribution in [1.82, 2.24) is 4.72 Å². The number of hydrogen-bond donors (Lipinski definition) is 2. The third-order valence-electron chi connectivity index (χ3n) is 4.74. The first-order valence-corrected chi connectivity index (χ1v) is 11.5. The van der Waals surface area contributed by atoms with Gasteiger partial charge in [-0.2, -0.15) is 4.72 Å². The fourth-order valence-corrected chi connectivity index (χ4v) is 4.30. The van der Waals surface area contributed by atoms with Crippen LogP contribution < -0.4 is 14.8 Å². The molecule has 0 aromatic heterocycles. The summed E-state index contributed by atoms with van der Waals surface area (Å²) in [6, 6.07) is 21.8. The Hall–Kier alpha value is -3.16. The van der Waals surface area contributed by atoms with Gasteiger partial charge in [0.05, 0.1) is 11.5 Å². The van der Waals surface area contributed by atoms with E-state index in [1.807, 2.05) is 62.4 Å². The van der Waals surface area contributed by atoms with Crippen LogP contribution in [0.2, 0.25) is 0 Å². The topological polar surface area (TPSA) is 84.5 Å². The van der Waals surface area contributed by atoms with Gasteiger partial charge in [0.15, 0.2) is 0 Å². The van der Waals surface area contributed by atoms with Gasteiger partial charge in [-0.3, -0.25) is 4.79 Å². The molecule has 0 aliphatic rings. The second-order valence-electron chi connectivity index (χ2n) is 7.07. The fraction of sp³-hybridized carbons (Fsp3) is 0.208. The third-order valence-corrected chi connectivity index (χ3v) is 6.23. The van der Waals surface area contributed by atoms with E-state index in [1.54, 1.807) is 18.2 Å². The van der Waals surface area contributed by atoms with Crippen LogP contribution >= 0.6 is 0 Å². The van der Waals surface area contributed by atoms with E-state index >= 15 is 0 Å². The first-order chi connectivity index (χ1) is 14.9. The van der Waals surface area contributed by atoms with Crippen LogP contribution in [0.5, 0.6) is 5.75 Å². The normalized spacial score (nSPS) is 12.2. The number of amides is 1. The second-order valence-corrected chi connectivity index (χ2v) is 8.79. The zero-order valence-corrected chi connectivity index (χ0v) is 18.4. The molecule has 0 aliphatic heterocycles. The minimum atomic E-state index is -3.93. The van der Waals surface area contributed by atoms with Gasteiger partial charge in [-0.05, 0) is 61.7 Å². The van der Waals surface area contributed by atoms with Crippen LogP contribution in [0.25, 0.3) is 0 Å². The fourth-order valence-electron chi connectivity index (χ4n) is 3.11. The van der Waals surface area contributed by atoms with Crippen molar-refractivity contribution in [2.24, 2.45) is 0 Å². The lowest BCUT2D eigenvalue weighted by atomic mass is 10.1. The van der Waals surface area contributed by atoms with Crippen molar-refractivity contribution < 1.29 is 17.9 Å². The molecule has 0 heterocycles. The molecule has 0 radical (unpaired) electrons. The Kier molecular flexibility index (Phi) is 7.44. The molecule has 3 rings (SSSR count). The summed E-state index contributed by atoms with van der Waals surface area (Å²) in [6.07, 6.45) is 0.217. The Balaban J connectivity index is 1.84. The molecule has 2 N–H and O–H groups in total. The molecular weight excluding hydrogens is 412 g/mol. The van der Waals surface area contributed by atoms with Gasteiger partial charge < -0.3 is 10.1 Å². The van der Waals surface area contributed by atoms with Gasteiger partial charge in [-0.25, -0.2) is 8.42 Å². The average molecular weight is 439 g/mol. The van der Waals surface area contributed by atoms with E-state index in [0.717, 1.165) is 11.1 Å². The highest BCUT2D eigenvalue weighted by molar-refractivity contribution is 7.89. The van der Waals surface area contributed by atoms with Crippen LogP contribution in [0.4, 0.5) is 5.69 Å². The number of benzene rings is 3. The zero-order valence-electron chi connectivity index (χ0n) is 17.5. The van der Waals surface area contributed by atoms with Crippen LogP contribution in [0, 0.1) is 6.92 Å². The number of carbonyl (C=O) groups excluding carboxylic acids is 1. The maximum absolute atomic E-state index is 13.1. The smallest absolute Gasteiger partial charge is 0.242 e. The number of nitrogens with one attached hydrogen (secondary N) is 2. The molecule has 0 fully saturated rings. The molecule has 1 amide bonds. The predicted octanol–water partition coefficient (Wildman–Crippen LogP) is 3.92. The number of ether oxygens (including phenoxy) is 1. The first-order valence-electron chi connectivity index (χ1n) is 10.0. The summed E-state index contributed by atoms with van der Waals surface area (Å²) in [4.78, 5) is 13.1. The van der Waals surface area contributed by atoms with Gasteiger partial charge in [0.2, 0.25) is 15.9 Å². The van der Waals surface area contributed by atoms with Crippen molar-refractivity contribution in [1.29, 1.82) is 0 Å². The lowest BCUT2D eigenvalue weighted by molar-refractivity contribution is -0.117. The Morgan fingerprint density at radius 1 is 0.935 bits per heavy atom. The number of anilines is 1. The van der Waals surface area contributed by atoms with E-state index in [2.05, 4.69) is 10.0 Å². The molecule has 7 heteroatoms. The second kappa shape index (κ2) is 10.2. The van der Waals surface area contributed by atoms with E-state index in [-0.39, 0.29) is 11.3 Å². The molecule has 0 saturated heterocycles. The standard InChI is InChI=1S/C24H26N2O4S/c1-3-30-20-13-15-21(16-14-20)31(28,29)26-23(17-19-10-5-4-6-11-19)24(27)25-22-12-8-7-9-18(22)2/h4-16,23,26H,3,17H2,1-2H3,(H,25,27)/t23-/m1/s1. The molecule has 162 valence electrons. The predicted molar refractivity (Wildman–Crippen MR) is 122 cm³/mol. The quantitative estimate of drug-likeness (QED) is 0.530. The molecule has 1 atom stereocenters. The Morgan fingerprint density at radius 2 is 1.58 bits per heavy atom. The van der Waals surface area contributed by atoms with Gasteiger partial charge in [0, 0.05) is 5.69 Å². The van der Waals surface area contributed by atoms with Crippen molar-refractivity contribution in [2.45, 2.75) is 31.2 Å².